The standard InChI is InChI=1S/C22H21N3O4S/c1-13-18-20(23-16-9-5-11-25(16)21(18)27)30-19(13)22(28)29-12-17(26)24-10-4-7-14-6-2-3-8-15(14)24/h2-3,6,8H,4-5,7,9-12H2,1H3. The van der Waals surface area contributed by atoms with Crippen molar-refractivity contribution in [1.82, 2.24) is 9.55 Å². The first kappa shape index (κ1) is 19.0. The molecule has 8 heteroatoms. The third-order valence-electron chi connectivity index (χ3n) is 5.83. The average Bonchev–Trinajstić information content (AvgIpc) is 3.36. The van der Waals surface area contributed by atoms with Crippen LogP contribution in [0.25, 0.3) is 10.2 Å². The van der Waals surface area contributed by atoms with Gasteiger partial charge in [0.2, 0.25) is 0 Å². The molecule has 2 aromatic heterocycles. The van der Waals surface area contributed by atoms with Crippen LogP contribution in [0.5, 0.6) is 0 Å². The number of aromatic nitrogens is 2. The van der Waals surface area contributed by atoms with Gasteiger partial charge in [0.15, 0.2) is 6.61 Å². The molecule has 0 radical (unpaired) electrons. The summed E-state index contributed by atoms with van der Waals surface area (Å²) >= 11 is 1.16. The summed E-state index contributed by atoms with van der Waals surface area (Å²) in [5.41, 5.74) is 2.50. The van der Waals surface area contributed by atoms with E-state index in [4.69, 9.17) is 4.74 Å². The Bertz CT molecular complexity index is 1240. The van der Waals surface area contributed by atoms with E-state index in [2.05, 4.69) is 4.98 Å². The van der Waals surface area contributed by atoms with Gasteiger partial charge < -0.3 is 9.64 Å². The number of hydrogen-bond donors (Lipinski definition) is 0. The predicted molar refractivity (Wildman–Crippen MR) is 114 cm³/mol. The molecule has 1 amide bonds. The van der Waals surface area contributed by atoms with E-state index in [9.17, 15) is 14.4 Å². The van der Waals surface area contributed by atoms with Crippen molar-refractivity contribution in [3.63, 3.8) is 0 Å². The zero-order valence-corrected chi connectivity index (χ0v) is 17.5. The molecule has 0 saturated heterocycles. The third-order valence-corrected chi connectivity index (χ3v) is 7.00. The van der Waals surface area contributed by atoms with Gasteiger partial charge in [0.05, 0.1) is 5.39 Å². The van der Waals surface area contributed by atoms with Gasteiger partial charge in [0.1, 0.15) is 15.5 Å². The first-order valence-electron chi connectivity index (χ1n) is 10.1. The van der Waals surface area contributed by atoms with Crippen LogP contribution in [0, 0.1) is 6.92 Å². The van der Waals surface area contributed by atoms with Gasteiger partial charge in [0.25, 0.3) is 11.5 Å². The lowest BCUT2D eigenvalue weighted by atomic mass is 10.0. The number of esters is 1. The number of ether oxygens (including phenoxy) is 1. The van der Waals surface area contributed by atoms with E-state index in [1.165, 1.54) is 0 Å². The van der Waals surface area contributed by atoms with E-state index in [0.717, 1.165) is 54.1 Å². The Balaban J connectivity index is 1.36. The Kier molecular flexibility index (Phi) is 4.66. The van der Waals surface area contributed by atoms with E-state index in [0.29, 0.717) is 33.7 Å². The lowest BCUT2D eigenvalue weighted by Crippen LogP contribution is -2.38. The Morgan fingerprint density at radius 3 is 2.83 bits per heavy atom. The fourth-order valence-electron chi connectivity index (χ4n) is 4.33. The lowest BCUT2D eigenvalue weighted by Gasteiger charge is -2.29. The zero-order chi connectivity index (χ0) is 20.8. The summed E-state index contributed by atoms with van der Waals surface area (Å²) in [7, 11) is 0. The van der Waals surface area contributed by atoms with Gasteiger partial charge in [-0.1, -0.05) is 18.2 Å². The summed E-state index contributed by atoms with van der Waals surface area (Å²) in [5, 5.41) is 0.480. The highest BCUT2D eigenvalue weighted by Crippen LogP contribution is 2.30. The first-order chi connectivity index (χ1) is 14.5. The molecule has 0 fully saturated rings. The quantitative estimate of drug-likeness (QED) is 0.605. The molecular formula is C22H21N3O4S. The van der Waals surface area contributed by atoms with Crippen LogP contribution in [0.1, 0.15) is 39.5 Å². The summed E-state index contributed by atoms with van der Waals surface area (Å²) in [4.78, 5) is 45.4. The fraction of sp³-hybridized carbons (Fsp3) is 0.364. The maximum absolute atomic E-state index is 12.8. The summed E-state index contributed by atoms with van der Waals surface area (Å²) < 4.78 is 7.04. The first-order valence-corrected chi connectivity index (χ1v) is 10.9. The van der Waals surface area contributed by atoms with Crippen molar-refractivity contribution in [3.8, 4) is 0 Å². The van der Waals surface area contributed by atoms with Gasteiger partial charge in [0, 0.05) is 25.2 Å². The van der Waals surface area contributed by atoms with E-state index in [1.807, 2.05) is 24.3 Å². The molecule has 4 heterocycles. The van der Waals surface area contributed by atoms with E-state index in [1.54, 1.807) is 16.4 Å². The molecule has 0 saturated carbocycles. The van der Waals surface area contributed by atoms with Gasteiger partial charge in [-0.05, 0) is 43.4 Å². The molecular weight excluding hydrogens is 402 g/mol. The molecule has 3 aromatic rings. The van der Waals surface area contributed by atoms with E-state index in [-0.39, 0.29) is 18.1 Å². The van der Waals surface area contributed by atoms with Crippen LogP contribution in [0.4, 0.5) is 5.69 Å². The zero-order valence-electron chi connectivity index (χ0n) is 16.6. The number of rotatable bonds is 3. The monoisotopic (exact) mass is 423 g/mol. The molecule has 30 heavy (non-hydrogen) atoms. The number of thiophene rings is 1. The number of benzene rings is 1. The topological polar surface area (TPSA) is 81.5 Å². The maximum atomic E-state index is 12.8. The molecule has 2 aliphatic heterocycles. The fourth-order valence-corrected chi connectivity index (χ4v) is 5.42. The van der Waals surface area contributed by atoms with Crippen molar-refractivity contribution in [2.75, 3.05) is 18.1 Å². The van der Waals surface area contributed by atoms with Crippen molar-refractivity contribution in [1.29, 1.82) is 0 Å². The minimum absolute atomic E-state index is 0.0960. The largest absolute Gasteiger partial charge is 0.451 e. The molecule has 0 aliphatic carbocycles. The van der Waals surface area contributed by atoms with E-state index < -0.39 is 5.97 Å². The summed E-state index contributed by atoms with van der Waals surface area (Å²) in [6, 6.07) is 7.80. The normalized spacial score (nSPS) is 15.2. The summed E-state index contributed by atoms with van der Waals surface area (Å²) in [6.07, 6.45) is 3.50. The molecule has 7 nitrogen and oxygen atoms in total. The highest BCUT2D eigenvalue weighted by atomic mass is 32.1. The summed E-state index contributed by atoms with van der Waals surface area (Å²) in [6.45, 7) is 2.69. The third kappa shape index (κ3) is 3.02. The lowest BCUT2D eigenvalue weighted by molar-refractivity contribution is -0.121. The number of amides is 1. The van der Waals surface area contributed by atoms with E-state index >= 15 is 0 Å². The van der Waals surface area contributed by atoms with Crippen LogP contribution < -0.4 is 10.5 Å². The number of hydrogen-bond acceptors (Lipinski definition) is 6. The molecule has 0 spiro atoms. The number of fused-ring (bicyclic) bond motifs is 3. The SMILES string of the molecule is Cc1c(C(=O)OCC(=O)N2CCCc3ccccc32)sc2nc3n(c(=O)c12)CCC3. The van der Waals surface area contributed by atoms with Crippen molar-refractivity contribution < 1.29 is 14.3 Å². The number of para-hydroxylation sites is 1. The van der Waals surface area contributed by atoms with Crippen molar-refractivity contribution in [3.05, 3.63) is 56.4 Å². The Labute approximate surface area is 176 Å². The van der Waals surface area contributed by atoms with Crippen LogP contribution in [-0.4, -0.2) is 34.6 Å². The number of anilines is 1. The molecule has 1 aromatic carbocycles. The summed E-state index contributed by atoms with van der Waals surface area (Å²) in [5.74, 6) is -0.0576. The highest BCUT2D eigenvalue weighted by Gasteiger charge is 2.26. The van der Waals surface area contributed by atoms with Crippen LogP contribution in [0.2, 0.25) is 0 Å². The van der Waals surface area contributed by atoms with Crippen LogP contribution in [-0.2, 0) is 28.9 Å². The molecule has 0 bridgehead atoms. The van der Waals surface area contributed by atoms with Crippen molar-refractivity contribution >= 4 is 39.1 Å². The van der Waals surface area contributed by atoms with Gasteiger partial charge in [-0.2, -0.15) is 0 Å². The minimum atomic E-state index is -0.585. The molecule has 0 atom stereocenters. The van der Waals surface area contributed by atoms with Gasteiger partial charge >= 0.3 is 5.97 Å². The highest BCUT2D eigenvalue weighted by molar-refractivity contribution is 7.20. The van der Waals surface area contributed by atoms with Gasteiger partial charge in [-0.3, -0.25) is 14.2 Å². The van der Waals surface area contributed by atoms with Crippen molar-refractivity contribution in [2.24, 2.45) is 0 Å². The molecule has 2 aliphatic rings. The van der Waals surface area contributed by atoms with Crippen LogP contribution in [0.3, 0.4) is 0 Å². The number of nitrogens with zero attached hydrogens (tertiary/aromatic N) is 3. The molecule has 5 rings (SSSR count). The Hall–Kier alpha value is -3.00. The van der Waals surface area contributed by atoms with Gasteiger partial charge in [-0.15, -0.1) is 11.3 Å². The molecule has 154 valence electrons. The average molecular weight is 423 g/mol. The maximum Gasteiger partial charge on any atom is 0.349 e. The Morgan fingerprint density at radius 2 is 1.97 bits per heavy atom. The number of carbonyl (C=O) groups excluding carboxylic acids is 2. The smallest absolute Gasteiger partial charge is 0.349 e. The van der Waals surface area contributed by atoms with Crippen molar-refractivity contribution in [2.45, 2.75) is 39.2 Å². The second-order valence-corrected chi connectivity index (χ2v) is 8.68. The number of aryl methyl sites for hydroxylation is 3. The molecule has 0 N–H and O–H groups in total. The van der Waals surface area contributed by atoms with Gasteiger partial charge in [-0.25, -0.2) is 9.78 Å². The number of carbonyl (C=O) groups is 2. The Morgan fingerprint density at radius 1 is 1.17 bits per heavy atom. The second-order valence-electron chi connectivity index (χ2n) is 7.68. The van der Waals surface area contributed by atoms with Crippen LogP contribution >= 0.6 is 11.3 Å². The second kappa shape index (κ2) is 7.36. The predicted octanol–water partition coefficient (Wildman–Crippen LogP) is 2.85. The minimum Gasteiger partial charge on any atom is -0.451 e. The van der Waals surface area contributed by atoms with Crippen LogP contribution in [0.15, 0.2) is 29.1 Å². The molecule has 0 unspecified atom stereocenters.